The van der Waals surface area contributed by atoms with Crippen LogP contribution in [0.1, 0.15) is 33.3 Å². The number of imide groups is 1. The molecule has 0 aliphatic carbocycles. The lowest BCUT2D eigenvalue weighted by molar-refractivity contribution is -0.137. The second-order valence-electron chi connectivity index (χ2n) is 7.75. The summed E-state index contributed by atoms with van der Waals surface area (Å²) in [4.78, 5) is 27.3. The fourth-order valence-corrected chi connectivity index (χ4v) is 3.19. The zero-order chi connectivity index (χ0) is 22.5. The monoisotopic (exact) mass is 426 g/mol. The molecule has 0 aromatic heterocycles. The highest BCUT2D eigenvalue weighted by Gasteiger charge is 2.39. The van der Waals surface area contributed by atoms with Gasteiger partial charge in [-0.2, -0.15) is 0 Å². The Hall–Kier alpha value is -3.19. The summed E-state index contributed by atoms with van der Waals surface area (Å²) in [5, 5.41) is 3.07. The van der Waals surface area contributed by atoms with E-state index in [0.29, 0.717) is 17.0 Å². The second-order valence-corrected chi connectivity index (χ2v) is 7.75. The summed E-state index contributed by atoms with van der Waals surface area (Å²) in [6.45, 7) is 8.01. The van der Waals surface area contributed by atoms with Crippen LogP contribution in [-0.4, -0.2) is 42.1 Å². The third-order valence-corrected chi connectivity index (χ3v) is 4.56. The minimum Gasteiger partial charge on any atom is -0.491 e. The molecule has 1 heterocycles. The van der Waals surface area contributed by atoms with Crippen molar-refractivity contribution in [3.05, 3.63) is 65.6 Å². The number of nitrogens with zero attached hydrogens (tertiary/aromatic N) is 1. The number of hydrogen-bond acceptors (Lipinski definition) is 5. The van der Waals surface area contributed by atoms with Crippen LogP contribution < -0.4 is 10.1 Å². The molecule has 1 N–H and O–H groups in total. The van der Waals surface area contributed by atoms with Gasteiger partial charge in [-0.25, -0.2) is 4.39 Å². The SMILES string of the molecule is CC(C)OCCN1C(=O)C(Nc2ccc(OC(C)C)cc2)=C(c2ccc(F)cc2)C1=O. The Morgan fingerprint density at radius 2 is 1.55 bits per heavy atom. The van der Waals surface area contributed by atoms with E-state index in [1.54, 1.807) is 24.3 Å². The van der Waals surface area contributed by atoms with Crippen LogP contribution in [0, 0.1) is 5.82 Å². The number of amides is 2. The number of nitrogens with one attached hydrogen (secondary N) is 1. The summed E-state index contributed by atoms with van der Waals surface area (Å²) < 4.78 is 24.6. The van der Waals surface area contributed by atoms with Gasteiger partial charge < -0.3 is 14.8 Å². The van der Waals surface area contributed by atoms with Crippen LogP contribution in [0.15, 0.2) is 54.2 Å². The van der Waals surface area contributed by atoms with E-state index >= 15 is 0 Å². The van der Waals surface area contributed by atoms with Gasteiger partial charge >= 0.3 is 0 Å². The number of halogens is 1. The molecule has 7 heteroatoms. The van der Waals surface area contributed by atoms with Crippen molar-refractivity contribution in [3.8, 4) is 5.75 Å². The molecule has 0 unspecified atom stereocenters. The van der Waals surface area contributed by atoms with Crippen LogP contribution >= 0.6 is 0 Å². The first kappa shape index (κ1) is 22.5. The Morgan fingerprint density at radius 3 is 2.13 bits per heavy atom. The molecule has 2 aromatic rings. The van der Waals surface area contributed by atoms with Crippen molar-refractivity contribution in [3.63, 3.8) is 0 Å². The van der Waals surface area contributed by atoms with E-state index in [0.717, 1.165) is 4.90 Å². The molecule has 1 aliphatic rings. The zero-order valence-electron chi connectivity index (χ0n) is 18.1. The number of hydrogen-bond donors (Lipinski definition) is 1. The van der Waals surface area contributed by atoms with E-state index < -0.39 is 17.6 Å². The average Bonchev–Trinajstić information content (AvgIpc) is 2.94. The fourth-order valence-electron chi connectivity index (χ4n) is 3.19. The van der Waals surface area contributed by atoms with Crippen LogP contribution in [-0.2, 0) is 14.3 Å². The Bertz CT molecular complexity index is 966. The maximum absolute atomic E-state index is 13.4. The molecule has 3 rings (SSSR count). The maximum Gasteiger partial charge on any atom is 0.278 e. The molecule has 31 heavy (non-hydrogen) atoms. The molecule has 0 saturated carbocycles. The number of ether oxygens (including phenoxy) is 2. The van der Waals surface area contributed by atoms with Crippen molar-refractivity contribution in [2.45, 2.75) is 39.9 Å². The first-order chi connectivity index (χ1) is 14.8. The lowest BCUT2D eigenvalue weighted by Crippen LogP contribution is -2.35. The molecule has 0 spiro atoms. The van der Waals surface area contributed by atoms with E-state index in [1.807, 2.05) is 27.7 Å². The minimum atomic E-state index is -0.445. The van der Waals surface area contributed by atoms with Gasteiger partial charge in [0.05, 0.1) is 30.9 Å². The van der Waals surface area contributed by atoms with Gasteiger partial charge in [0.25, 0.3) is 11.8 Å². The molecule has 6 nitrogen and oxygen atoms in total. The smallest absolute Gasteiger partial charge is 0.278 e. The number of rotatable bonds is 9. The molecule has 0 bridgehead atoms. The van der Waals surface area contributed by atoms with Crippen LogP contribution in [0.5, 0.6) is 5.75 Å². The Kier molecular flexibility index (Phi) is 7.07. The quantitative estimate of drug-likeness (QED) is 0.608. The molecule has 0 saturated heterocycles. The summed E-state index contributed by atoms with van der Waals surface area (Å²) in [5.41, 5.74) is 1.46. The molecule has 2 amide bonds. The van der Waals surface area contributed by atoms with Gasteiger partial charge in [-0.05, 0) is 69.7 Å². The number of carbonyl (C=O) groups is 2. The average molecular weight is 426 g/mol. The summed E-state index contributed by atoms with van der Waals surface area (Å²) >= 11 is 0. The molecular weight excluding hydrogens is 399 g/mol. The minimum absolute atomic E-state index is 0.0125. The van der Waals surface area contributed by atoms with Gasteiger partial charge in [0.1, 0.15) is 17.3 Å². The Labute approximate surface area is 181 Å². The van der Waals surface area contributed by atoms with Gasteiger partial charge in [-0.15, -0.1) is 0 Å². The van der Waals surface area contributed by atoms with E-state index in [4.69, 9.17) is 9.47 Å². The number of carbonyl (C=O) groups excluding carboxylic acids is 2. The molecule has 0 atom stereocenters. The topological polar surface area (TPSA) is 67.9 Å². The Balaban J connectivity index is 1.90. The summed E-state index contributed by atoms with van der Waals surface area (Å²) in [7, 11) is 0. The first-order valence-electron chi connectivity index (χ1n) is 10.3. The van der Waals surface area contributed by atoms with Gasteiger partial charge in [0.15, 0.2) is 0 Å². The van der Waals surface area contributed by atoms with Crippen LogP contribution in [0.2, 0.25) is 0 Å². The van der Waals surface area contributed by atoms with E-state index in [2.05, 4.69) is 5.32 Å². The van der Waals surface area contributed by atoms with Crippen LogP contribution in [0.25, 0.3) is 5.57 Å². The fraction of sp³-hybridized carbons (Fsp3) is 0.333. The van der Waals surface area contributed by atoms with Crippen molar-refractivity contribution in [2.24, 2.45) is 0 Å². The van der Waals surface area contributed by atoms with E-state index in [-0.39, 0.29) is 36.6 Å². The lowest BCUT2D eigenvalue weighted by atomic mass is 10.0. The largest absolute Gasteiger partial charge is 0.491 e. The predicted octanol–water partition coefficient (Wildman–Crippen LogP) is 4.23. The summed E-state index contributed by atoms with van der Waals surface area (Å²) in [5.74, 6) is -0.599. The van der Waals surface area contributed by atoms with Gasteiger partial charge in [-0.1, -0.05) is 12.1 Å². The maximum atomic E-state index is 13.4. The van der Waals surface area contributed by atoms with Crippen LogP contribution in [0.3, 0.4) is 0 Å². The lowest BCUT2D eigenvalue weighted by Gasteiger charge is -2.16. The molecular formula is C24H27FN2O4. The van der Waals surface area contributed by atoms with E-state index in [9.17, 15) is 14.0 Å². The molecule has 0 fully saturated rings. The van der Waals surface area contributed by atoms with Crippen molar-refractivity contribution in [1.82, 2.24) is 4.90 Å². The van der Waals surface area contributed by atoms with Crippen molar-refractivity contribution in [2.75, 3.05) is 18.5 Å². The Morgan fingerprint density at radius 1 is 0.903 bits per heavy atom. The third kappa shape index (κ3) is 5.49. The highest BCUT2D eigenvalue weighted by Crippen LogP contribution is 2.31. The van der Waals surface area contributed by atoms with Crippen molar-refractivity contribution >= 4 is 23.1 Å². The second kappa shape index (κ2) is 9.75. The van der Waals surface area contributed by atoms with E-state index in [1.165, 1.54) is 24.3 Å². The van der Waals surface area contributed by atoms with Crippen molar-refractivity contribution in [1.29, 1.82) is 0 Å². The number of benzene rings is 2. The molecule has 2 aromatic carbocycles. The van der Waals surface area contributed by atoms with Gasteiger partial charge in [-0.3, -0.25) is 14.5 Å². The van der Waals surface area contributed by atoms with Gasteiger partial charge in [0.2, 0.25) is 0 Å². The van der Waals surface area contributed by atoms with Crippen molar-refractivity contribution < 1.29 is 23.5 Å². The first-order valence-corrected chi connectivity index (χ1v) is 10.3. The third-order valence-electron chi connectivity index (χ3n) is 4.56. The normalized spacial score (nSPS) is 14.2. The van der Waals surface area contributed by atoms with Gasteiger partial charge in [0, 0.05) is 5.69 Å². The standard InChI is InChI=1S/C24H27FN2O4/c1-15(2)30-14-13-27-23(28)21(17-5-7-18(25)8-6-17)22(24(27)29)26-19-9-11-20(12-10-19)31-16(3)4/h5-12,15-16,26H,13-14H2,1-4H3. The molecule has 0 radical (unpaired) electrons. The summed E-state index contributed by atoms with van der Waals surface area (Å²) in [6.07, 6.45) is 0.0312. The highest BCUT2D eigenvalue weighted by molar-refractivity contribution is 6.36. The summed E-state index contributed by atoms with van der Waals surface area (Å²) in [6, 6.07) is 12.6. The zero-order valence-corrected chi connectivity index (χ0v) is 18.1. The molecule has 164 valence electrons. The van der Waals surface area contributed by atoms with Crippen LogP contribution in [0.4, 0.5) is 10.1 Å². The number of anilines is 1. The highest BCUT2D eigenvalue weighted by atomic mass is 19.1. The predicted molar refractivity (Wildman–Crippen MR) is 117 cm³/mol. The molecule has 1 aliphatic heterocycles.